The van der Waals surface area contributed by atoms with Gasteiger partial charge in [0, 0.05) is 6.20 Å². The number of carbonyl (C=O) groups is 1. The molecule has 1 aliphatic carbocycles. The molecule has 0 saturated carbocycles. The number of hydrogen-bond acceptors (Lipinski definition) is 3. The van der Waals surface area contributed by atoms with Gasteiger partial charge in [0.1, 0.15) is 10.8 Å². The van der Waals surface area contributed by atoms with Crippen LogP contribution in [0.25, 0.3) is 0 Å². The zero-order valence-electron chi connectivity index (χ0n) is 12.1. The number of halogens is 1. The first-order valence-corrected chi connectivity index (χ1v) is 7.67. The van der Waals surface area contributed by atoms with Gasteiger partial charge in [-0.25, -0.2) is 4.98 Å². The van der Waals surface area contributed by atoms with Crippen molar-refractivity contribution in [2.75, 3.05) is 6.54 Å². The second-order valence-corrected chi connectivity index (χ2v) is 5.92. The minimum absolute atomic E-state index is 0.161. The van der Waals surface area contributed by atoms with E-state index in [9.17, 15) is 9.90 Å². The molecule has 0 bridgehead atoms. The number of nitrogens with one attached hydrogen (secondary N) is 1. The minimum atomic E-state index is -1.03. The van der Waals surface area contributed by atoms with E-state index < -0.39 is 5.60 Å². The third-order valence-electron chi connectivity index (χ3n) is 4.10. The maximum absolute atomic E-state index is 12.2. The molecule has 1 heterocycles. The van der Waals surface area contributed by atoms with E-state index in [0.29, 0.717) is 12.0 Å². The standard InChI is InChI=1S/C17H17ClN2O2/c18-15-13(7-4-10-19-15)16(21)20-11-17(22)9-3-6-12-5-1-2-8-14(12)17/h1-2,4-5,7-8,10,22H,3,6,9,11H2,(H,20,21). The molecule has 0 aliphatic heterocycles. The van der Waals surface area contributed by atoms with Gasteiger partial charge in [0.25, 0.3) is 5.91 Å². The van der Waals surface area contributed by atoms with Gasteiger partial charge in [-0.3, -0.25) is 4.79 Å². The first-order chi connectivity index (χ1) is 10.6. The third-order valence-corrected chi connectivity index (χ3v) is 4.40. The van der Waals surface area contributed by atoms with Crippen LogP contribution < -0.4 is 5.32 Å². The van der Waals surface area contributed by atoms with E-state index in [4.69, 9.17) is 11.6 Å². The largest absolute Gasteiger partial charge is 0.383 e. The van der Waals surface area contributed by atoms with Gasteiger partial charge in [-0.1, -0.05) is 35.9 Å². The summed E-state index contributed by atoms with van der Waals surface area (Å²) in [6.07, 6.45) is 4.02. The van der Waals surface area contributed by atoms with E-state index in [2.05, 4.69) is 10.3 Å². The normalized spacial score (nSPS) is 20.3. The minimum Gasteiger partial charge on any atom is -0.383 e. The summed E-state index contributed by atoms with van der Waals surface area (Å²) in [5.41, 5.74) is 1.33. The maximum atomic E-state index is 12.2. The van der Waals surface area contributed by atoms with Crippen LogP contribution in [-0.4, -0.2) is 22.5 Å². The molecule has 0 saturated heterocycles. The lowest BCUT2D eigenvalue weighted by Crippen LogP contribution is -2.43. The van der Waals surface area contributed by atoms with Crippen LogP contribution >= 0.6 is 11.6 Å². The fourth-order valence-electron chi connectivity index (χ4n) is 2.96. The van der Waals surface area contributed by atoms with Crippen molar-refractivity contribution in [1.29, 1.82) is 0 Å². The summed E-state index contributed by atoms with van der Waals surface area (Å²) < 4.78 is 0. The first kappa shape index (κ1) is 15.0. The lowest BCUT2D eigenvalue weighted by Gasteiger charge is -2.34. The number of amides is 1. The summed E-state index contributed by atoms with van der Waals surface area (Å²) >= 11 is 5.92. The van der Waals surface area contributed by atoms with E-state index >= 15 is 0 Å². The molecule has 3 rings (SSSR count). The summed E-state index contributed by atoms with van der Waals surface area (Å²) in [5.74, 6) is -0.324. The Morgan fingerprint density at radius 1 is 1.32 bits per heavy atom. The highest BCUT2D eigenvalue weighted by molar-refractivity contribution is 6.32. The Morgan fingerprint density at radius 3 is 2.95 bits per heavy atom. The second-order valence-electron chi connectivity index (χ2n) is 5.57. The van der Waals surface area contributed by atoms with E-state index in [1.807, 2.05) is 24.3 Å². The molecule has 2 aromatic rings. The fourth-order valence-corrected chi connectivity index (χ4v) is 3.16. The Kier molecular flexibility index (Phi) is 4.14. The van der Waals surface area contributed by atoms with E-state index in [0.717, 1.165) is 24.0 Å². The van der Waals surface area contributed by atoms with Gasteiger partial charge >= 0.3 is 0 Å². The maximum Gasteiger partial charge on any atom is 0.254 e. The molecule has 1 aromatic carbocycles. The molecule has 1 aromatic heterocycles. The molecule has 1 unspecified atom stereocenters. The number of rotatable bonds is 3. The quantitative estimate of drug-likeness (QED) is 0.856. The summed E-state index contributed by atoms with van der Waals surface area (Å²) in [7, 11) is 0. The average Bonchev–Trinajstić information content (AvgIpc) is 2.54. The Labute approximate surface area is 134 Å². The highest BCUT2D eigenvalue weighted by atomic mass is 35.5. The molecule has 22 heavy (non-hydrogen) atoms. The predicted octanol–water partition coefficient (Wildman–Crippen LogP) is 2.69. The molecule has 1 amide bonds. The van der Waals surface area contributed by atoms with Crippen LogP contribution in [0.15, 0.2) is 42.6 Å². The molecule has 0 radical (unpaired) electrons. The van der Waals surface area contributed by atoms with Crippen LogP contribution in [0, 0.1) is 0 Å². The van der Waals surface area contributed by atoms with Crippen molar-refractivity contribution in [3.8, 4) is 0 Å². The molecule has 2 N–H and O–H groups in total. The second kappa shape index (κ2) is 6.07. The SMILES string of the molecule is O=C(NCC1(O)CCCc2ccccc21)c1cccnc1Cl. The number of aromatic nitrogens is 1. The Balaban J connectivity index is 1.77. The lowest BCUT2D eigenvalue weighted by molar-refractivity contribution is 0.0189. The van der Waals surface area contributed by atoms with E-state index in [1.165, 1.54) is 6.20 Å². The monoisotopic (exact) mass is 316 g/mol. The van der Waals surface area contributed by atoms with Crippen molar-refractivity contribution in [3.63, 3.8) is 0 Å². The van der Waals surface area contributed by atoms with Gasteiger partial charge in [-0.2, -0.15) is 0 Å². The smallest absolute Gasteiger partial charge is 0.254 e. The molecular weight excluding hydrogens is 300 g/mol. The first-order valence-electron chi connectivity index (χ1n) is 7.30. The van der Waals surface area contributed by atoms with Gasteiger partial charge in [-0.05, 0) is 42.5 Å². The topological polar surface area (TPSA) is 62.2 Å². The number of pyridine rings is 1. The molecule has 1 atom stereocenters. The zero-order valence-corrected chi connectivity index (χ0v) is 12.8. The van der Waals surface area contributed by atoms with Crippen molar-refractivity contribution >= 4 is 17.5 Å². The van der Waals surface area contributed by atoms with Gasteiger partial charge in [0.15, 0.2) is 0 Å². The third kappa shape index (κ3) is 2.85. The summed E-state index contributed by atoms with van der Waals surface area (Å²) in [6, 6.07) is 11.1. The van der Waals surface area contributed by atoms with Crippen LogP contribution in [0.3, 0.4) is 0 Å². The van der Waals surface area contributed by atoms with Crippen LogP contribution in [0.2, 0.25) is 5.15 Å². The van der Waals surface area contributed by atoms with Crippen molar-refractivity contribution in [3.05, 3.63) is 64.4 Å². The fraction of sp³-hybridized carbons (Fsp3) is 0.294. The number of hydrogen-bond donors (Lipinski definition) is 2. The van der Waals surface area contributed by atoms with Gasteiger partial charge < -0.3 is 10.4 Å². The average molecular weight is 317 g/mol. The summed E-state index contributed by atoms with van der Waals surface area (Å²) in [6.45, 7) is 0.161. The molecular formula is C17H17ClN2O2. The molecule has 4 nitrogen and oxygen atoms in total. The zero-order chi connectivity index (χ0) is 15.6. The molecule has 0 spiro atoms. The Bertz CT molecular complexity index is 705. The Hall–Kier alpha value is -1.91. The number of benzene rings is 1. The number of aryl methyl sites for hydroxylation is 1. The van der Waals surface area contributed by atoms with E-state index in [-0.39, 0.29) is 17.6 Å². The number of aliphatic hydroxyl groups is 1. The van der Waals surface area contributed by atoms with Crippen molar-refractivity contribution in [2.24, 2.45) is 0 Å². The number of fused-ring (bicyclic) bond motifs is 1. The van der Waals surface area contributed by atoms with Gasteiger partial charge in [-0.15, -0.1) is 0 Å². The van der Waals surface area contributed by atoms with Crippen molar-refractivity contribution in [2.45, 2.75) is 24.9 Å². The summed E-state index contributed by atoms with van der Waals surface area (Å²) in [5, 5.41) is 13.9. The highest BCUT2D eigenvalue weighted by Gasteiger charge is 2.34. The molecule has 0 fully saturated rings. The van der Waals surface area contributed by atoms with Gasteiger partial charge in [0.2, 0.25) is 0 Å². The highest BCUT2D eigenvalue weighted by Crippen LogP contribution is 2.34. The molecule has 114 valence electrons. The van der Waals surface area contributed by atoms with Crippen molar-refractivity contribution in [1.82, 2.24) is 10.3 Å². The molecule has 5 heteroatoms. The van der Waals surface area contributed by atoms with E-state index in [1.54, 1.807) is 12.1 Å². The number of nitrogens with zero attached hydrogens (tertiary/aromatic N) is 1. The van der Waals surface area contributed by atoms with Crippen molar-refractivity contribution < 1.29 is 9.90 Å². The molecule has 1 aliphatic rings. The van der Waals surface area contributed by atoms with Gasteiger partial charge in [0.05, 0.1) is 12.1 Å². The number of carbonyl (C=O) groups excluding carboxylic acids is 1. The lowest BCUT2D eigenvalue weighted by atomic mass is 9.79. The predicted molar refractivity (Wildman–Crippen MR) is 84.9 cm³/mol. The Morgan fingerprint density at radius 2 is 2.14 bits per heavy atom. The van der Waals surface area contributed by atoms with Crippen LogP contribution in [0.1, 0.15) is 34.3 Å². The van der Waals surface area contributed by atoms with Crippen LogP contribution in [0.5, 0.6) is 0 Å². The summed E-state index contributed by atoms with van der Waals surface area (Å²) in [4.78, 5) is 16.1. The van der Waals surface area contributed by atoms with Crippen LogP contribution in [0.4, 0.5) is 0 Å². The van der Waals surface area contributed by atoms with Crippen LogP contribution in [-0.2, 0) is 12.0 Å².